The SMILES string of the molecule is Cl.Clc1cc2c(s1)C1(CCNCC1)OCC2. The minimum absolute atomic E-state index is 0. The third-order valence-corrected chi connectivity index (χ3v) is 4.85. The lowest BCUT2D eigenvalue weighted by Crippen LogP contribution is -2.43. The third kappa shape index (κ3) is 2.00. The number of rotatable bonds is 0. The van der Waals surface area contributed by atoms with Crippen LogP contribution in [0.1, 0.15) is 23.3 Å². The summed E-state index contributed by atoms with van der Waals surface area (Å²) in [6.07, 6.45) is 3.18. The van der Waals surface area contributed by atoms with E-state index in [1.54, 1.807) is 11.3 Å². The molecule has 1 N–H and O–H groups in total. The van der Waals surface area contributed by atoms with Gasteiger partial charge in [0.25, 0.3) is 0 Å². The lowest BCUT2D eigenvalue weighted by atomic mass is 9.86. The summed E-state index contributed by atoms with van der Waals surface area (Å²) in [5, 5.41) is 3.39. The Bertz CT molecular complexity index is 374. The van der Waals surface area contributed by atoms with Gasteiger partial charge < -0.3 is 10.1 Å². The van der Waals surface area contributed by atoms with E-state index in [-0.39, 0.29) is 18.0 Å². The Morgan fingerprint density at radius 1 is 1.38 bits per heavy atom. The van der Waals surface area contributed by atoms with Crippen LogP contribution in [0.4, 0.5) is 0 Å². The van der Waals surface area contributed by atoms with Gasteiger partial charge in [0.2, 0.25) is 0 Å². The Kier molecular flexibility index (Phi) is 3.82. The van der Waals surface area contributed by atoms with Gasteiger partial charge in [0, 0.05) is 4.88 Å². The average molecular weight is 280 g/mol. The van der Waals surface area contributed by atoms with Crippen molar-refractivity contribution in [3.8, 4) is 0 Å². The molecule has 0 unspecified atom stereocenters. The van der Waals surface area contributed by atoms with E-state index in [0.29, 0.717) is 0 Å². The van der Waals surface area contributed by atoms with E-state index in [1.807, 2.05) is 0 Å². The maximum Gasteiger partial charge on any atom is 0.105 e. The largest absolute Gasteiger partial charge is 0.369 e. The molecule has 2 aliphatic rings. The van der Waals surface area contributed by atoms with E-state index < -0.39 is 0 Å². The average Bonchev–Trinajstić information content (AvgIpc) is 2.62. The zero-order valence-corrected chi connectivity index (χ0v) is 11.3. The van der Waals surface area contributed by atoms with Gasteiger partial charge in [0.15, 0.2) is 0 Å². The monoisotopic (exact) mass is 279 g/mol. The molecule has 1 fully saturated rings. The Labute approximate surface area is 111 Å². The van der Waals surface area contributed by atoms with Crippen molar-refractivity contribution in [3.05, 3.63) is 20.8 Å². The molecule has 1 aromatic rings. The fourth-order valence-corrected chi connectivity index (χ4v) is 4.09. The second-order valence-electron chi connectivity index (χ2n) is 4.25. The van der Waals surface area contributed by atoms with Crippen LogP contribution in [-0.4, -0.2) is 19.7 Å². The summed E-state index contributed by atoms with van der Waals surface area (Å²) in [7, 11) is 0. The first-order chi connectivity index (χ1) is 7.30. The van der Waals surface area contributed by atoms with Gasteiger partial charge in [-0.2, -0.15) is 0 Å². The van der Waals surface area contributed by atoms with Crippen LogP contribution in [0.2, 0.25) is 4.34 Å². The first-order valence-corrected chi connectivity index (χ1v) is 6.63. The summed E-state index contributed by atoms with van der Waals surface area (Å²) < 4.78 is 6.96. The van der Waals surface area contributed by atoms with Crippen molar-refractivity contribution in [1.82, 2.24) is 5.32 Å². The summed E-state index contributed by atoms with van der Waals surface area (Å²) >= 11 is 7.81. The number of thiophene rings is 1. The molecule has 1 saturated heterocycles. The van der Waals surface area contributed by atoms with Gasteiger partial charge in [-0.15, -0.1) is 23.7 Å². The minimum atomic E-state index is -0.0172. The molecule has 0 aliphatic carbocycles. The van der Waals surface area contributed by atoms with Gasteiger partial charge in [0.05, 0.1) is 10.9 Å². The summed E-state index contributed by atoms with van der Waals surface area (Å²) in [5.41, 5.74) is 1.40. The summed E-state index contributed by atoms with van der Waals surface area (Å²) in [4.78, 5) is 1.39. The van der Waals surface area contributed by atoms with E-state index >= 15 is 0 Å². The van der Waals surface area contributed by atoms with Crippen LogP contribution in [0, 0.1) is 0 Å². The van der Waals surface area contributed by atoms with E-state index in [0.717, 1.165) is 43.3 Å². The van der Waals surface area contributed by atoms with Gasteiger partial charge in [-0.05, 0) is 44.0 Å². The fourth-order valence-electron chi connectivity index (χ4n) is 2.59. The molecule has 0 bridgehead atoms. The van der Waals surface area contributed by atoms with Crippen molar-refractivity contribution in [2.75, 3.05) is 19.7 Å². The summed E-state index contributed by atoms with van der Waals surface area (Å²) in [6, 6.07) is 2.12. The molecule has 3 rings (SSSR count). The molecule has 2 nitrogen and oxygen atoms in total. The second kappa shape index (κ2) is 4.83. The first kappa shape index (κ1) is 12.7. The number of nitrogens with one attached hydrogen (secondary N) is 1. The third-order valence-electron chi connectivity index (χ3n) is 3.35. The van der Waals surface area contributed by atoms with E-state index in [4.69, 9.17) is 16.3 Å². The van der Waals surface area contributed by atoms with Gasteiger partial charge >= 0.3 is 0 Å². The van der Waals surface area contributed by atoms with Crippen LogP contribution in [0.5, 0.6) is 0 Å². The van der Waals surface area contributed by atoms with Crippen molar-refractivity contribution in [2.45, 2.75) is 24.9 Å². The van der Waals surface area contributed by atoms with Crippen LogP contribution in [0.3, 0.4) is 0 Å². The highest BCUT2D eigenvalue weighted by atomic mass is 35.5. The lowest BCUT2D eigenvalue weighted by Gasteiger charge is -2.40. The Balaban J connectivity index is 0.000000963. The summed E-state index contributed by atoms with van der Waals surface area (Å²) in [5.74, 6) is 0. The molecule has 2 aliphatic heterocycles. The highest BCUT2D eigenvalue weighted by Crippen LogP contribution is 2.45. The summed E-state index contributed by atoms with van der Waals surface area (Å²) in [6.45, 7) is 2.95. The zero-order chi connectivity index (χ0) is 10.3. The highest BCUT2D eigenvalue weighted by molar-refractivity contribution is 7.16. The first-order valence-electron chi connectivity index (χ1n) is 5.44. The number of hydrogen-bond donors (Lipinski definition) is 1. The molecule has 3 heterocycles. The molecular weight excluding hydrogens is 265 g/mol. The number of ether oxygens (including phenoxy) is 1. The van der Waals surface area contributed by atoms with Gasteiger partial charge in [-0.1, -0.05) is 11.6 Å². The van der Waals surface area contributed by atoms with Crippen molar-refractivity contribution < 1.29 is 4.74 Å². The van der Waals surface area contributed by atoms with Crippen LogP contribution in [0.15, 0.2) is 6.07 Å². The highest BCUT2D eigenvalue weighted by Gasteiger charge is 2.40. The van der Waals surface area contributed by atoms with Crippen molar-refractivity contribution in [3.63, 3.8) is 0 Å². The van der Waals surface area contributed by atoms with Gasteiger partial charge in [-0.25, -0.2) is 0 Å². The molecule has 0 radical (unpaired) electrons. The van der Waals surface area contributed by atoms with E-state index in [9.17, 15) is 0 Å². The normalized spacial score (nSPS) is 22.6. The smallest absolute Gasteiger partial charge is 0.105 e. The number of fused-ring (bicyclic) bond motifs is 2. The van der Waals surface area contributed by atoms with Crippen LogP contribution < -0.4 is 5.32 Å². The Morgan fingerprint density at radius 3 is 2.88 bits per heavy atom. The quantitative estimate of drug-likeness (QED) is 0.789. The van der Waals surface area contributed by atoms with Crippen molar-refractivity contribution >= 4 is 35.3 Å². The molecule has 1 aromatic heterocycles. The van der Waals surface area contributed by atoms with E-state index in [2.05, 4.69) is 11.4 Å². The number of piperidine rings is 1. The fraction of sp³-hybridized carbons (Fsp3) is 0.636. The molecule has 0 aromatic carbocycles. The predicted molar refractivity (Wildman–Crippen MR) is 70.0 cm³/mol. The molecule has 90 valence electrons. The van der Waals surface area contributed by atoms with Crippen LogP contribution in [0.25, 0.3) is 0 Å². The lowest BCUT2D eigenvalue weighted by molar-refractivity contribution is -0.0771. The number of halogens is 2. The van der Waals surface area contributed by atoms with Gasteiger partial charge in [-0.3, -0.25) is 0 Å². The maximum atomic E-state index is 6.10. The zero-order valence-electron chi connectivity index (χ0n) is 8.92. The Morgan fingerprint density at radius 2 is 2.12 bits per heavy atom. The molecular formula is C11H15Cl2NOS. The van der Waals surface area contributed by atoms with Crippen LogP contribution in [-0.2, 0) is 16.8 Å². The maximum absolute atomic E-state index is 6.10. The molecule has 0 amide bonds. The second-order valence-corrected chi connectivity index (χ2v) is 5.93. The minimum Gasteiger partial charge on any atom is -0.369 e. The van der Waals surface area contributed by atoms with E-state index in [1.165, 1.54) is 10.4 Å². The molecule has 0 atom stereocenters. The molecule has 5 heteroatoms. The standard InChI is InChI=1S/C11H14ClNOS.ClH/c12-9-7-8-1-6-14-11(10(8)15-9)2-4-13-5-3-11;/h7,13H,1-6H2;1H. The van der Waals surface area contributed by atoms with Gasteiger partial charge in [0.1, 0.15) is 5.60 Å². The van der Waals surface area contributed by atoms with Crippen LogP contribution >= 0.6 is 35.3 Å². The topological polar surface area (TPSA) is 21.3 Å². The van der Waals surface area contributed by atoms with Crippen molar-refractivity contribution in [2.24, 2.45) is 0 Å². The predicted octanol–water partition coefficient (Wildman–Crippen LogP) is 2.97. The Hall–Kier alpha value is 0.200. The number of hydrogen-bond acceptors (Lipinski definition) is 3. The molecule has 1 spiro atoms. The molecule has 16 heavy (non-hydrogen) atoms. The van der Waals surface area contributed by atoms with Crippen molar-refractivity contribution in [1.29, 1.82) is 0 Å². The molecule has 0 saturated carbocycles.